The summed E-state index contributed by atoms with van der Waals surface area (Å²) < 4.78 is 2.27. The first-order valence-electron chi connectivity index (χ1n) is 9.87. The van der Waals surface area contributed by atoms with Crippen molar-refractivity contribution in [1.82, 2.24) is 14.9 Å². The molecule has 2 unspecified atom stereocenters. The number of aromatic nitrogens is 2. The summed E-state index contributed by atoms with van der Waals surface area (Å²) in [7, 11) is 0. The van der Waals surface area contributed by atoms with Gasteiger partial charge in [0.1, 0.15) is 5.82 Å². The van der Waals surface area contributed by atoms with Gasteiger partial charge in [0, 0.05) is 13.0 Å². The molecule has 1 amide bonds. The van der Waals surface area contributed by atoms with Crippen LogP contribution >= 0.6 is 0 Å². The predicted octanol–water partition coefficient (Wildman–Crippen LogP) is 4.89. The minimum Gasteiger partial charge on any atom is -0.346 e. The van der Waals surface area contributed by atoms with Gasteiger partial charge in [-0.3, -0.25) is 4.79 Å². The first kappa shape index (κ1) is 19.2. The number of nitrogens with one attached hydrogen (secondary N) is 1. The lowest BCUT2D eigenvalue weighted by Crippen LogP contribution is -2.29. The third-order valence-electron chi connectivity index (χ3n) is 5.12. The van der Waals surface area contributed by atoms with Crippen LogP contribution in [-0.4, -0.2) is 15.5 Å². The molecule has 0 spiro atoms. The van der Waals surface area contributed by atoms with E-state index in [1.807, 2.05) is 43.3 Å². The Balaban J connectivity index is 1.73. The van der Waals surface area contributed by atoms with Gasteiger partial charge in [0.25, 0.3) is 0 Å². The third-order valence-corrected chi connectivity index (χ3v) is 5.12. The molecule has 1 N–H and O–H groups in total. The van der Waals surface area contributed by atoms with Crippen molar-refractivity contribution in [3.8, 4) is 0 Å². The molecule has 2 atom stereocenters. The van der Waals surface area contributed by atoms with Gasteiger partial charge in [-0.2, -0.15) is 0 Å². The summed E-state index contributed by atoms with van der Waals surface area (Å²) in [5, 5.41) is 3.14. The van der Waals surface area contributed by atoms with Crippen LogP contribution in [0.4, 0.5) is 0 Å². The average molecular weight is 364 g/mol. The monoisotopic (exact) mass is 363 g/mol. The summed E-state index contributed by atoms with van der Waals surface area (Å²) >= 11 is 0. The van der Waals surface area contributed by atoms with Crippen molar-refractivity contribution in [2.45, 2.75) is 52.6 Å². The molecule has 1 aromatic heterocycles. The van der Waals surface area contributed by atoms with Gasteiger partial charge in [0.2, 0.25) is 5.91 Å². The van der Waals surface area contributed by atoms with E-state index in [0.29, 0.717) is 12.3 Å². The molecule has 1 heterocycles. The summed E-state index contributed by atoms with van der Waals surface area (Å²) in [4.78, 5) is 17.3. The van der Waals surface area contributed by atoms with E-state index in [-0.39, 0.29) is 11.9 Å². The predicted molar refractivity (Wildman–Crippen MR) is 111 cm³/mol. The molecule has 3 rings (SSSR count). The van der Waals surface area contributed by atoms with Crippen molar-refractivity contribution in [3.63, 3.8) is 0 Å². The lowest BCUT2D eigenvalue weighted by Gasteiger charge is -2.18. The van der Waals surface area contributed by atoms with Crippen LogP contribution < -0.4 is 5.32 Å². The Morgan fingerprint density at radius 1 is 1.07 bits per heavy atom. The van der Waals surface area contributed by atoms with Gasteiger partial charge in [0.15, 0.2) is 0 Å². The fourth-order valence-electron chi connectivity index (χ4n) is 3.34. The normalized spacial score (nSPS) is 13.4. The second-order valence-corrected chi connectivity index (χ2v) is 7.36. The standard InChI is InChI=1S/C23H29N3O/c1-4-17(2)16-26-21-13-9-8-12-20(21)25-23(26)18(3)24-22(27)15-14-19-10-6-5-7-11-19/h5-13,17-18H,4,14-16H2,1-3H3,(H,24,27). The fourth-order valence-corrected chi connectivity index (χ4v) is 3.34. The molecule has 4 heteroatoms. The summed E-state index contributed by atoms with van der Waals surface area (Å²) in [5.41, 5.74) is 3.31. The first-order chi connectivity index (χ1) is 13.1. The summed E-state index contributed by atoms with van der Waals surface area (Å²) in [6.07, 6.45) is 2.35. The Bertz CT molecular complexity index is 885. The van der Waals surface area contributed by atoms with Crippen molar-refractivity contribution >= 4 is 16.9 Å². The number of benzene rings is 2. The molecule has 2 aromatic carbocycles. The van der Waals surface area contributed by atoms with Crippen LogP contribution in [-0.2, 0) is 17.8 Å². The second kappa shape index (κ2) is 8.85. The van der Waals surface area contributed by atoms with Crippen LogP contribution in [0.25, 0.3) is 11.0 Å². The Labute approximate surface area is 161 Å². The number of imidazole rings is 1. The molecule has 0 radical (unpaired) electrons. The second-order valence-electron chi connectivity index (χ2n) is 7.36. The van der Waals surface area contributed by atoms with E-state index in [0.717, 1.165) is 36.2 Å². The van der Waals surface area contributed by atoms with Crippen LogP contribution in [0.3, 0.4) is 0 Å². The van der Waals surface area contributed by atoms with E-state index in [4.69, 9.17) is 4.98 Å². The molecule has 0 aliphatic heterocycles. The van der Waals surface area contributed by atoms with Gasteiger partial charge >= 0.3 is 0 Å². The molecule has 142 valence electrons. The Kier molecular flexibility index (Phi) is 6.28. The fraction of sp³-hybridized carbons (Fsp3) is 0.391. The Morgan fingerprint density at radius 3 is 2.52 bits per heavy atom. The van der Waals surface area contributed by atoms with Gasteiger partial charge in [-0.25, -0.2) is 4.98 Å². The maximum atomic E-state index is 12.5. The van der Waals surface area contributed by atoms with E-state index in [9.17, 15) is 4.79 Å². The zero-order valence-corrected chi connectivity index (χ0v) is 16.5. The number of hydrogen-bond acceptors (Lipinski definition) is 2. The van der Waals surface area contributed by atoms with E-state index in [1.54, 1.807) is 0 Å². The molecule has 0 fully saturated rings. The van der Waals surface area contributed by atoms with Crippen molar-refractivity contribution < 1.29 is 4.79 Å². The van der Waals surface area contributed by atoms with E-state index >= 15 is 0 Å². The zero-order valence-electron chi connectivity index (χ0n) is 16.5. The molecule has 3 aromatic rings. The van der Waals surface area contributed by atoms with Crippen LogP contribution in [0.5, 0.6) is 0 Å². The van der Waals surface area contributed by atoms with Crippen LogP contribution in [0.2, 0.25) is 0 Å². The highest BCUT2D eigenvalue weighted by molar-refractivity contribution is 5.78. The minimum atomic E-state index is -0.121. The number of hydrogen-bond donors (Lipinski definition) is 1. The highest BCUT2D eigenvalue weighted by atomic mass is 16.1. The first-order valence-corrected chi connectivity index (χ1v) is 9.87. The van der Waals surface area contributed by atoms with Crippen LogP contribution in [0.1, 0.15) is 51.0 Å². The number of para-hydroxylation sites is 2. The van der Waals surface area contributed by atoms with Gasteiger partial charge in [0.05, 0.1) is 17.1 Å². The summed E-state index contributed by atoms with van der Waals surface area (Å²) in [6, 6.07) is 18.2. The molecule has 27 heavy (non-hydrogen) atoms. The smallest absolute Gasteiger partial charge is 0.220 e. The van der Waals surface area contributed by atoms with Crippen LogP contribution in [0.15, 0.2) is 54.6 Å². The molecular formula is C23H29N3O. The number of carbonyl (C=O) groups excluding carboxylic acids is 1. The van der Waals surface area contributed by atoms with Crippen molar-refractivity contribution in [2.24, 2.45) is 5.92 Å². The van der Waals surface area contributed by atoms with E-state index < -0.39 is 0 Å². The largest absolute Gasteiger partial charge is 0.346 e. The number of carbonyl (C=O) groups is 1. The summed E-state index contributed by atoms with van der Waals surface area (Å²) in [5.74, 6) is 1.56. The summed E-state index contributed by atoms with van der Waals surface area (Å²) in [6.45, 7) is 7.39. The number of fused-ring (bicyclic) bond motifs is 1. The average Bonchev–Trinajstić information content (AvgIpc) is 3.06. The van der Waals surface area contributed by atoms with Gasteiger partial charge in [-0.15, -0.1) is 0 Å². The van der Waals surface area contributed by atoms with E-state index in [1.165, 1.54) is 5.56 Å². The lowest BCUT2D eigenvalue weighted by atomic mass is 10.1. The number of rotatable bonds is 8. The highest BCUT2D eigenvalue weighted by Gasteiger charge is 2.19. The molecule has 0 saturated carbocycles. The zero-order chi connectivity index (χ0) is 19.2. The number of amides is 1. The van der Waals surface area contributed by atoms with Crippen LogP contribution in [0, 0.1) is 5.92 Å². The lowest BCUT2D eigenvalue weighted by molar-refractivity contribution is -0.121. The quantitative estimate of drug-likeness (QED) is 0.619. The molecule has 0 bridgehead atoms. The number of aryl methyl sites for hydroxylation is 1. The topological polar surface area (TPSA) is 46.9 Å². The van der Waals surface area contributed by atoms with Crippen molar-refractivity contribution in [2.75, 3.05) is 0 Å². The van der Waals surface area contributed by atoms with Gasteiger partial charge in [-0.05, 0) is 37.0 Å². The highest BCUT2D eigenvalue weighted by Crippen LogP contribution is 2.23. The molecule has 0 aliphatic rings. The Hall–Kier alpha value is -2.62. The van der Waals surface area contributed by atoms with Gasteiger partial charge in [-0.1, -0.05) is 62.7 Å². The van der Waals surface area contributed by atoms with E-state index in [2.05, 4.69) is 41.9 Å². The Morgan fingerprint density at radius 2 is 1.78 bits per heavy atom. The maximum absolute atomic E-state index is 12.5. The number of nitrogens with zero attached hydrogens (tertiary/aromatic N) is 2. The van der Waals surface area contributed by atoms with Crippen molar-refractivity contribution in [1.29, 1.82) is 0 Å². The minimum absolute atomic E-state index is 0.0634. The molecule has 4 nitrogen and oxygen atoms in total. The third kappa shape index (κ3) is 4.76. The van der Waals surface area contributed by atoms with Crippen molar-refractivity contribution in [3.05, 3.63) is 66.0 Å². The molecule has 0 aliphatic carbocycles. The molecular weight excluding hydrogens is 334 g/mol. The molecule has 0 saturated heterocycles. The van der Waals surface area contributed by atoms with Gasteiger partial charge < -0.3 is 9.88 Å². The maximum Gasteiger partial charge on any atom is 0.220 e. The SMILES string of the molecule is CCC(C)Cn1c(C(C)NC(=O)CCc2ccccc2)nc2ccccc21.